The van der Waals surface area contributed by atoms with E-state index in [1.165, 1.54) is 30.4 Å². The number of nitrogens with zero attached hydrogens (tertiary/aromatic N) is 2. The molecule has 5 rings (SSSR count). The first-order valence-electron chi connectivity index (χ1n) is 10.5. The van der Waals surface area contributed by atoms with Gasteiger partial charge in [-0.2, -0.15) is 0 Å². The van der Waals surface area contributed by atoms with Gasteiger partial charge in [-0.3, -0.25) is 14.9 Å². The third-order valence-corrected chi connectivity index (χ3v) is 5.12. The van der Waals surface area contributed by atoms with Crippen LogP contribution in [0.2, 0.25) is 0 Å². The Hall–Kier alpha value is -5.05. The number of aromatic nitrogens is 1. The second-order valence-electron chi connectivity index (χ2n) is 7.51. The maximum absolute atomic E-state index is 13.5. The minimum atomic E-state index is -0.479. The Bertz CT molecular complexity index is 1600. The molecule has 9 heteroatoms. The summed E-state index contributed by atoms with van der Waals surface area (Å²) in [4.78, 5) is 27.5. The van der Waals surface area contributed by atoms with Crippen LogP contribution in [0, 0.1) is 15.9 Å². The first kappa shape index (κ1) is 21.8. The third-order valence-electron chi connectivity index (χ3n) is 5.12. The summed E-state index contributed by atoms with van der Waals surface area (Å²) in [6, 6.07) is 20.4. The molecule has 0 atom stereocenters. The number of carbonyl (C=O) groups is 1. The summed E-state index contributed by atoms with van der Waals surface area (Å²) in [6.07, 6.45) is 2.75. The second-order valence-corrected chi connectivity index (χ2v) is 7.51. The molecule has 0 fully saturated rings. The number of carbonyl (C=O) groups excluding carboxylic acids is 1. The summed E-state index contributed by atoms with van der Waals surface area (Å²) < 4.78 is 24.8. The van der Waals surface area contributed by atoms with E-state index >= 15 is 0 Å². The zero-order valence-electron chi connectivity index (χ0n) is 18.0. The molecule has 0 unspecified atom stereocenters. The average molecular weight is 469 g/mol. The minimum absolute atomic E-state index is 0.0704. The van der Waals surface area contributed by atoms with Crippen molar-refractivity contribution in [1.29, 1.82) is 0 Å². The number of nitro groups is 1. The average Bonchev–Trinajstić information content (AvgIpc) is 3.50. The molecule has 35 heavy (non-hydrogen) atoms. The molecule has 0 aliphatic heterocycles. The zero-order valence-corrected chi connectivity index (χ0v) is 18.0. The van der Waals surface area contributed by atoms with Crippen molar-refractivity contribution in [3.05, 3.63) is 107 Å². The molecule has 3 aromatic carbocycles. The molecule has 1 N–H and O–H groups in total. The predicted octanol–water partition coefficient (Wildman–Crippen LogP) is 6.45. The highest BCUT2D eigenvalue weighted by molar-refractivity contribution is 6.02. The van der Waals surface area contributed by atoms with Gasteiger partial charge < -0.3 is 14.2 Å². The number of benzene rings is 3. The van der Waals surface area contributed by atoms with Gasteiger partial charge in [-0.1, -0.05) is 18.2 Å². The van der Waals surface area contributed by atoms with Crippen LogP contribution in [0.5, 0.6) is 0 Å². The topological polar surface area (TPSA) is 111 Å². The monoisotopic (exact) mass is 469 g/mol. The Morgan fingerprint density at radius 1 is 1.00 bits per heavy atom. The van der Waals surface area contributed by atoms with Crippen molar-refractivity contribution in [2.75, 3.05) is 5.32 Å². The molecule has 0 aliphatic rings. The molecule has 0 bridgehead atoms. The predicted molar refractivity (Wildman–Crippen MR) is 128 cm³/mol. The SMILES string of the molecule is O=C(C=Cc1ccc(-c2ccccc2[N+](=O)[O-])o1)Nc1ccc2oc(-c3cccc(F)c3)nc2c1. The molecular weight excluding hydrogens is 453 g/mol. The molecule has 2 aromatic heterocycles. The van der Waals surface area contributed by atoms with Gasteiger partial charge in [-0.05, 0) is 60.7 Å². The van der Waals surface area contributed by atoms with Crippen LogP contribution in [-0.4, -0.2) is 15.8 Å². The van der Waals surface area contributed by atoms with Gasteiger partial charge in [0.05, 0.1) is 10.5 Å². The van der Waals surface area contributed by atoms with Gasteiger partial charge in [0.15, 0.2) is 5.58 Å². The summed E-state index contributed by atoms with van der Waals surface area (Å²) in [5.41, 5.74) is 2.28. The Balaban J connectivity index is 1.29. The van der Waals surface area contributed by atoms with Crippen LogP contribution in [-0.2, 0) is 4.79 Å². The Morgan fingerprint density at radius 3 is 2.69 bits per heavy atom. The van der Waals surface area contributed by atoms with Crippen LogP contribution < -0.4 is 5.32 Å². The van der Waals surface area contributed by atoms with E-state index in [2.05, 4.69) is 10.3 Å². The lowest BCUT2D eigenvalue weighted by Gasteiger charge is -2.01. The number of amides is 1. The highest BCUT2D eigenvalue weighted by Gasteiger charge is 2.17. The van der Waals surface area contributed by atoms with E-state index in [9.17, 15) is 19.3 Å². The number of hydrogen-bond acceptors (Lipinski definition) is 6. The molecule has 0 saturated heterocycles. The maximum atomic E-state index is 13.5. The smallest absolute Gasteiger partial charge is 0.280 e. The number of halogens is 1. The van der Waals surface area contributed by atoms with E-state index in [1.807, 2.05) is 0 Å². The summed E-state index contributed by atoms with van der Waals surface area (Å²) in [5.74, 6) is 0.148. The number of fused-ring (bicyclic) bond motifs is 1. The number of nitro benzene ring substituents is 1. The lowest BCUT2D eigenvalue weighted by Crippen LogP contribution is -2.07. The molecule has 1 amide bonds. The van der Waals surface area contributed by atoms with E-state index < -0.39 is 16.6 Å². The second kappa shape index (κ2) is 9.06. The largest absolute Gasteiger partial charge is 0.456 e. The quantitative estimate of drug-likeness (QED) is 0.174. The molecule has 0 spiro atoms. The van der Waals surface area contributed by atoms with Crippen LogP contribution in [0.4, 0.5) is 15.8 Å². The highest BCUT2D eigenvalue weighted by Crippen LogP contribution is 2.31. The van der Waals surface area contributed by atoms with Gasteiger partial charge in [-0.25, -0.2) is 9.37 Å². The van der Waals surface area contributed by atoms with Crippen molar-refractivity contribution in [3.8, 4) is 22.8 Å². The van der Waals surface area contributed by atoms with Crippen LogP contribution in [0.15, 0.2) is 93.8 Å². The number of nitrogens with one attached hydrogen (secondary N) is 1. The molecule has 8 nitrogen and oxygen atoms in total. The number of furan rings is 1. The molecule has 0 aliphatic carbocycles. The third kappa shape index (κ3) is 4.69. The maximum Gasteiger partial charge on any atom is 0.280 e. The number of oxazole rings is 1. The summed E-state index contributed by atoms with van der Waals surface area (Å²) in [5, 5.41) is 14.0. The van der Waals surface area contributed by atoms with E-state index in [0.717, 1.165) is 0 Å². The Kier molecular flexibility index (Phi) is 5.64. The fourth-order valence-corrected chi connectivity index (χ4v) is 3.52. The van der Waals surface area contributed by atoms with Crippen molar-refractivity contribution < 1.29 is 22.9 Å². The van der Waals surface area contributed by atoms with Crippen molar-refractivity contribution in [1.82, 2.24) is 4.98 Å². The van der Waals surface area contributed by atoms with Crippen LogP contribution in [0.3, 0.4) is 0 Å². The molecule has 172 valence electrons. The highest BCUT2D eigenvalue weighted by atomic mass is 19.1. The number of anilines is 1. The Labute approximate surface area is 197 Å². The van der Waals surface area contributed by atoms with Gasteiger partial charge in [0, 0.05) is 23.4 Å². The first-order valence-corrected chi connectivity index (χ1v) is 10.5. The van der Waals surface area contributed by atoms with Crippen molar-refractivity contribution in [3.63, 3.8) is 0 Å². The van der Waals surface area contributed by atoms with Gasteiger partial charge in [0.1, 0.15) is 22.9 Å². The normalized spacial score (nSPS) is 11.2. The fraction of sp³-hybridized carbons (Fsp3) is 0. The van der Waals surface area contributed by atoms with Gasteiger partial charge in [0.2, 0.25) is 11.8 Å². The first-order chi connectivity index (χ1) is 17.0. The molecule has 5 aromatic rings. The van der Waals surface area contributed by atoms with E-state index in [1.54, 1.807) is 60.7 Å². The molecular formula is C26H16FN3O5. The van der Waals surface area contributed by atoms with Crippen molar-refractivity contribution >= 4 is 34.5 Å². The van der Waals surface area contributed by atoms with Gasteiger partial charge in [-0.15, -0.1) is 0 Å². The Morgan fingerprint density at radius 2 is 1.86 bits per heavy atom. The zero-order chi connectivity index (χ0) is 24.4. The molecule has 0 saturated carbocycles. The van der Waals surface area contributed by atoms with Crippen LogP contribution >= 0.6 is 0 Å². The van der Waals surface area contributed by atoms with Crippen molar-refractivity contribution in [2.24, 2.45) is 0 Å². The van der Waals surface area contributed by atoms with Gasteiger partial charge in [0.25, 0.3) is 5.69 Å². The number of hydrogen-bond donors (Lipinski definition) is 1. The summed E-state index contributed by atoms with van der Waals surface area (Å²) in [6.45, 7) is 0. The fourth-order valence-electron chi connectivity index (χ4n) is 3.52. The summed E-state index contributed by atoms with van der Waals surface area (Å²) in [7, 11) is 0. The minimum Gasteiger partial charge on any atom is -0.456 e. The standard InChI is InChI=1S/C26H16FN3O5/c27-17-5-3-4-16(14-17)26-29-21-15-18(8-11-24(21)35-26)28-25(31)13-10-19-9-12-23(34-19)20-6-1-2-7-22(20)30(32)33/h1-15H,(H,28,31). The summed E-state index contributed by atoms with van der Waals surface area (Å²) >= 11 is 0. The number of para-hydroxylation sites is 1. The lowest BCUT2D eigenvalue weighted by molar-refractivity contribution is -0.384. The van der Waals surface area contributed by atoms with Gasteiger partial charge >= 0.3 is 0 Å². The van der Waals surface area contributed by atoms with E-state index in [-0.39, 0.29) is 11.6 Å². The molecule has 2 heterocycles. The van der Waals surface area contributed by atoms with E-state index in [4.69, 9.17) is 8.83 Å². The van der Waals surface area contributed by atoms with Crippen LogP contribution in [0.1, 0.15) is 5.76 Å². The van der Waals surface area contributed by atoms with Crippen LogP contribution in [0.25, 0.3) is 40.0 Å². The molecule has 0 radical (unpaired) electrons. The number of rotatable bonds is 6. The lowest BCUT2D eigenvalue weighted by atomic mass is 10.1. The van der Waals surface area contributed by atoms with Crippen molar-refractivity contribution in [2.45, 2.75) is 0 Å². The van der Waals surface area contributed by atoms with E-state index in [0.29, 0.717) is 39.4 Å².